The Morgan fingerprint density at radius 2 is 1.68 bits per heavy atom. The van der Waals surface area contributed by atoms with E-state index in [4.69, 9.17) is 23.7 Å². The minimum Gasteiger partial charge on any atom is -0.393 e. The first-order valence-electron chi connectivity index (χ1n) is 5.83. The van der Waals surface area contributed by atoms with Gasteiger partial charge in [-0.15, -0.1) is 0 Å². The van der Waals surface area contributed by atoms with Crippen molar-refractivity contribution in [3.05, 3.63) is 29.8 Å². The van der Waals surface area contributed by atoms with Gasteiger partial charge in [0.1, 0.15) is 0 Å². The first-order chi connectivity index (χ1) is 8.82. The Morgan fingerprint density at radius 1 is 1.16 bits per heavy atom. The number of primary amides is 1. The van der Waals surface area contributed by atoms with Gasteiger partial charge in [0.2, 0.25) is 11.8 Å². The van der Waals surface area contributed by atoms with Gasteiger partial charge in [-0.05, 0) is 30.2 Å². The third-order valence-corrected chi connectivity index (χ3v) is 2.95. The molecule has 6 heteroatoms. The lowest BCUT2D eigenvalue weighted by molar-refractivity contribution is -0.118. The van der Waals surface area contributed by atoms with Gasteiger partial charge in [0, 0.05) is 11.3 Å². The van der Waals surface area contributed by atoms with Crippen LogP contribution < -0.4 is 16.8 Å². The maximum absolute atomic E-state index is 12.0. The van der Waals surface area contributed by atoms with Gasteiger partial charge in [0.15, 0.2) is 0 Å². The second-order valence-corrected chi connectivity index (χ2v) is 5.03. The Labute approximate surface area is 117 Å². The maximum atomic E-state index is 12.0. The van der Waals surface area contributed by atoms with Crippen molar-refractivity contribution in [3.63, 3.8) is 0 Å². The van der Waals surface area contributed by atoms with Gasteiger partial charge in [-0.3, -0.25) is 9.59 Å². The summed E-state index contributed by atoms with van der Waals surface area (Å²) < 4.78 is 0. The van der Waals surface area contributed by atoms with E-state index in [1.54, 1.807) is 24.3 Å². The molecule has 0 aliphatic heterocycles. The lowest BCUT2D eigenvalue weighted by atomic mass is 9.95. The molecule has 5 N–H and O–H groups in total. The summed E-state index contributed by atoms with van der Waals surface area (Å²) in [4.78, 5) is 23.1. The standard InChI is InChI=1S/C13H17N3O2S/c1-7(2)10(12(15)19)13(18)16-9-5-3-8(4-6-9)11(14)17/h3-7,10H,1-2H3,(H2,14,17)(H2,15,19)(H,16,18). The van der Waals surface area contributed by atoms with E-state index in [2.05, 4.69) is 5.32 Å². The van der Waals surface area contributed by atoms with E-state index in [0.717, 1.165) is 0 Å². The van der Waals surface area contributed by atoms with E-state index in [-0.39, 0.29) is 16.8 Å². The fourth-order valence-electron chi connectivity index (χ4n) is 1.70. The van der Waals surface area contributed by atoms with Crippen LogP contribution in [0, 0.1) is 11.8 Å². The van der Waals surface area contributed by atoms with Crippen molar-refractivity contribution in [2.75, 3.05) is 5.32 Å². The first kappa shape index (κ1) is 15.1. The molecule has 0 radical (unpaired) electrons. The molecule has 0 aromatic heterocycles. The topological polar surface area (TPSA) is 98.2 Å². The highest BCUT2D eigenvalue weighted by atomic mass is 32.1. The van der Waals surface area contributed by atoms with Crippen LogP contribution in [-0.2, 0) is 4.79 Å². The molecule has 0 fully saturated rings. The van der Waals surface area contributed by atoms with Crippen LogP contribution in [0.5, 0.6) is 0 Å². The predicted octanol–water partition coefficient (Wildman–Crippen LogP) is 1.28. The van der Waals surface area contributed by atoms with Crippen molar-refractivity contribution in [2.24, 2.45) is 23.3 Å². The summed E-state index contributed by atoms with van der Waals surface area (Å²) in [5, 5.41) is 2.71. The maximum Gasteiger partial charge on any atom is 0.248 e. The number of benzene rings is 1. The van der Waals surface area contributed by atoms with E-state index in [1.807, 2.05) is 13.8 Å². The van der Waals surface area contributed by atoms with E-state index in [1.165, 1.54) is 0 Å². The molecule has 2 amide bonds. The minimum atomic E-state index is -0.522. The smallest absolute Gasteiger partial charge is 0.248 e. The van der Waals surface area contributed by atoms with Crippen LogP contribution in [0.25, 0.3) is 0 Å². The van der Waals surface area contributed by atoms with Crippen molar-refractivity contribution in [2.45, 2.75) is 13.8 Å². The molecule has 0 aliphatic carbocycles. The number of rotatable bonds is 5. The van der Waals surface area contributed by atoms with Gasteiger partial charge in [0.05, 0.1) is 10.9 Å². The van der Waals surface area contributed by atoms with Crippen molar-refractivity contribution in [1.82, 2.24) is 0 Å². The molecular formula is C13H17N3O2S. The Kier molecular flexibility index (Phi) is 5.00. The fraction of sp³-hybridized carbons (Fsp3) is 0.308. The zero-order valence-electron chi connectivity index (χ0n) is 10.8. The van der Waals surface area contributed by atoms with Crippen molar-refractivity contribution >= 4 is 34.7 Å². The molecule has 19 heavy (non-hydrogen) atoms. The molecule has 0 aliphatic rings. The first-order valence-corrected chi connectivity index (χ1v) is 6.23. The second-order valence-electron chi connectivity index (χ2n) is 4.55. The third kappa shape index (κ3) is 4.03. The van der Waals surface area contributed by atoms with Crippen LogP contribution in [0.2, 0.25) is 0 Å². The van der Waals surface area contributed by atoms with E-state index >= 15 is 0 Å². The average molecular weight is 279 g/mol. The number of amides is 2. The van der Waals surface area contributed by atoms with Gasteiger partial charge < -0.3 is 16.8 Å². The predicted molar refractivity (Wildman–Crippen MR) is 78.7 cm³/mol. The van der Waals surface area contributed by atoms with Crippen LogP contribution in [0.1, 0.15) is 24.2 Å². The SMILES string of the molecule is CC(C)C(C(=O)Nc1ccc(C(N)=O)cc1)C(N)=S. The number of anilines is 1. The fourth-order valence-corrected chi connectivity index (χ4v) is 2.08. The number of nitrogens with two attached hydrogens (primary N) is 2. The van der Waals surface area contributed by atoms with Gasteiger partial charge in [-0.2, -0.15) is 0 Å². The molecule has 0 saturated carbocycles. The summed E-state index contributed by atoms with van der Waals surface area (Å²) in [6, 6.07) is 6.30. The van der Waals surface area contributed by atoms with E-state index in [9.17, 15) is 9.59 Å². The number of carbonyl (C=O) groups excluding carboxylic acids is 2. The highest BCUT2D eigenvalue weighted by Gasteiger charge is 2.24. The summed E-state index contributed by atoms with van der Waals surface area (Å²) >= 11 is 4.90. The van der Waals surface area contributed by atoms with E-state index < -0.39 is 11.8 Å². The van der Waals surface area contributed by atoms with Crippen LogP contribution >= 0.6 is 12.2 Å². The number of thiocarbonyl (C=S) groups is 1. The van der Waals surface area contributed by atoms with E-state index in [0.29, 0.717) is 11.3 Å². The van der Waals surface area contributed by atoms with Crippen molar-refractivity contribution in [3.8, 4) is 0 Å². The minimum absolute atomic E-state index is 0.0161. The molecule has 1 rings (SSSR count). The zero-order valence-corrected chi connectivity index (χ0v) is 11.7. The van der Waals surface area contributed by atoms with Gasteiger partial charge in [-0.1, -0.05) is 26.1 Å². The number of hydrogen-bond donors (Lipinski definition) is 3. The lowest BCUT2D eigenvalue weighted by Crippen LogP contribution is -2.36. The lowest BCUT2D eigenvalue weighted by Gasteiger charge is -2.18. The molecule has 0 bridgehead atoms. The Balaban J connectivity index is 2.81. The quantitative estimate of drug-likeness (QED) is 0.707. The molecule has 1 aromatic carbocycles. The molecule has 5 nitrogen and oxygen atoms in total. The zero-order chi connectivity index (χ0) is 14.6. The van der Waals surface area contributed by atoms with Crippen LogP contribution in [-0.4, -0.2) is 16.8 Å². The number of nitrogens with one attached hydrogen (secondary N) is 1. The second kappa shape index (κ2) is 6.29. The summed E-state index contributed by atoms with van der Waals surface area (Å²) in [7, 11) is 0. The van der Waals surface area contributed by atoms with Crippen molar-refractivity contribution in [1.29, 1.82) is 0 Å². The van der Waals surface area contributed by atoms with Gasteiger partial charge in [-0.25, -0.2) is 0 Å². The van der Waals surface area contributed by atoms with Gasteiger partial charge >= 0.3 is 0 Å². The monoisotopic (exact) mass is 279 g/mol. The highest BCUT2D eigenvalue weighted by molar-refractivity contribution is 7.80. The summed E-state index contributed by atoms with van der Waals surface area (Å²) in [6.07, 6.45) is 0. The largest absolute Gasteiger partial charge is 0.393 e. The Morgan fingerprint density at radius 3 is 2.05 bits per heavy atom. The normalized spacial score (nSPS) is 11.9. The Bertz CT molecular complexity index is 497. The number of carbonyl (C=O) groups is 2. The number of hydrogen-bond acceptors (Lipinski definition) is 3. The van der Waals surface area contributed by atoms with Gasteiger partial charge in [0.25, 0.3) is 0 Å². The summed E-state index contributed by atoms with van der Waals surface area (Å²) in [5.74, 6) is -1.27. The molecule has 0 heterocycles. The Hall–Kier alpha value is -1.95. The molecule has 0 saturated heterocycles. The molecule has 1 aromatic rings. The third-order valence-electron chi connectivity index (χ3n) is 2.69. The van der Waals surface area contributed by atoms with Crippen LogP contribution in [0.15, 0.2) is 24.3 Å². The molecule has 1 atom stereocenters. The molecule has 0 spiro atoms. The molecule has 1 unspecified atom stereocenters. The highest BCUT2D eigenvalue weighted by Crippen LogP contribution is 2.16. The average Bonchev–Trinajstić information content (AvgIpc) is 2.28. The van der Waals surface area contributed by atoms with Crippen LogP contribution in [0.3, 0.4) is 0 Å². The molecular weight excluding hydrogens is 262 g/mol. The van der Waals surface area contributed by atoms with Crippen molar-refractivity contribution < 1.29 is 9.59 Å². The summed E-state index contributed by atoms with van der Waals surface area (Å²) in [5.41, 5.74) is 11.6. The van der Waals surface area contributed by atoms with Crippen LogP contribution in [0.4, 0.5) is 5.69 Å². The summed E-state index contributed by atoms with van der Waals surface area (Å²) in [6.45, 7) is 3.75. The molecule has 102 valence electrons.